The zero-order valence-electron chi connectivity index (χ0n) is 13.7. The SMILES string of the molecule is O=C(c1cc(=O)c2ccccc2o1)N(Cc1cccs1)c1ccccn1. The molecule has 26 heavy (non-hydrogen) atoms. The Bertz CT molecular complexity index is 1100. The normalized spacial score (nSPS) is 10.8. The number of aromatic nitrogens is 1. The van der Waals surface area contributed by atoms with Crippen molar-refractivity contribution in [2.75, 3.05) is 4.90 Å². The van der Waals surface area contributed by atoms with Gasteiger partial charge in [0.25, 0.3) is 5.91 Å². The summed E-state index contributed by atoms with van der Waals surface area (Å²) in [6.07, 6.45) is 1.63. The smallest absolute Gasteiger partial charge is 0.295 e. The van der Waals surface area contributed by atoms with Crippen LogP contribution in [0.15, 0.2) is 81.5 Å². The van der Waals surface area contributed by atoms with Crippen molar-refractivity contribution in [2.45, 2.75) is 6.54 Å². The van der Waals surface area contributed by atoms with Gasteiger partial charge >= 0.3 is 0 Å². The summed E-state index contributed by atoms with van der Waals surface area (Å²) in [4.78, 5) is 32.3. The van der Waals surface area contributed by atoms with Gasteiger partial charge in [-0.3, -0.25) is 14.5 Å². The molecule has 0 aliphatic heterocycles. The Morgan fingerprint density at radius 1 is 1.08 bits per heavy atom. The Kier molecular flexibility index (Phi) is 4.33. The van der Waals surface area contributed by atoms with Crippen molar-refractivity contribution in [1.82, 2.24) is 4.98 Å². The van der Waals surface area contributed by atoms with Crippen molar-refractivity contribution >= 4 is 34.0 Å². The van der Waals surface area contributed by atoms with Gasteiger partial charge in [0.05, 0.1) is 11.9 Å². The third-order valence-corrected chi connectivity index (χ3v) is 4.77. The van der Waals surface area contributed by atoms with Crippen LogP contribution in [0.25, 0.3) is 11.0 Å². The molecule has 4 rings (SSSR count). The van der Waals surface area contributed by atoms with Gasteiger partial charge in [0.1, 0.15) is 11.4 Å². The number of fused-ring (bicyclic) bond motifs is 1. The molecule has 0 atom stereocenters. The van der Waals surface area contributed by atoms with E-state index in [2.05, 4.69) is 4.98 Å². The van der Waals surface area contributed by atoms with Gasteiger partial charge in [-0.05, 0) is 35.7 Å². The van der Waals surface area contributed by atoms with Gasteiger partial charge in [0.2, 0.25) is 0 Å². The summed E-state index contributed by atoms with van der Waals surface area (Å²) in [6.45, 7) is 0.351. The number of hydrogen-bond acceptors (Lipinski definition) is 5. The minimum Gasteiger partial charge on any atom is -0.451 e. The van der Waals surface area contributed by atoms with Crippen LogP contribution in [0, 0.1) is 0 Å². The van der Waals surface area contributed by atoms with Gasteiger partial charge in [0, 0.05) is 17.1 Å². The van der Waals surface area contributed by atoms with Crippen molar-refractivity contribution in [2.24, 2.45) is 0 Å². The molecular formula is C20H14N2O3S. The van der Waals surface area contributed by atoms with Gasteiger partial charge in [-0.15, -0.1) is 11.3 Å². The van der Waals surface area contributed by atoms with Crippen LogP contribution in [0.2, 0.25) is 0 Å². The zero-order chi connectivity index (χ0) is 17.9. The molecular weight excluding hydrogens is 348 g/mol. The van der Waals surface area contributed by atoms with Gasteiger partial charge in [-0.2, -0.15) is 0 Å². The lowest BCUT2D eigenvalue weighted by atomic mass is 10.2. The molecule has 5 nitrogen and oxygen atoms in total. The predicted octanol–water partition coefficient (Wildman–Crippen LogP) is 4.10. The molecule has 6 heteroatoms. The molecule has 0 fully saturated rings. The topological polar surface area (TPSA) is 63.4 Å². The lowest BCUT2D eigenvalue weighted by molar-refractivity contribution is 0.0958. The number of carbonyl (C=O) groups is 1. The first kappa shape index (κ1) is 16.2. The largest absolute Gasteiger partial charge is 0.451 e. The maximum atomic E-state index is 13.1. The average Bonchev–Trinajstić information content (AvgIpc) is 3.19. The number of benzene rings is 1. The monoisotopic (exact) mass is 362 g/mol. The van der Waals surface area contributed by atoms with E-state index >= 15 is 0 Å². The molecule has 0 saturated heterocycles. The van der Waals surface area contributed by atoms with Crippen LogP contribution in [0.3, 0.4) is 0 Å². The van der Waals surface area contributed by atoms with Gasteiger partial charge in [-0.1, -0.05) is 24.3 Å². The summed E-state index contributed by atoms with van der Waals surface area (Å²) in [5.41, 5.74) is 0.146. The van der Waals surface area contributed by atoms with E-state index < -0.39 is 5.91 Å². The Morgan fingerprint density at radius 3 is 2.69 bits per heavy atom. The van der Waals surface area contributed by atoms with Crippen LogP contribution in [0.4, 0.5) is 5.82 Å². The summed E-state index contributed by atoms with van der Waals surface area (Å²) >= 11 is 1.55. The number of anilines is 1. The number of amides is 1. The Labute approximate surface area is 153 Å². The highest BCUT2D eigenvalue weighted by atomic mass is 32.1. The molecule has 0 radical (unpaired) electrons. The number of carbonyl (C=O) groups excluding carboxylic acids is 1. The number of nitrogens with zero attached hydrogens (tertiary/aromatic N) is 2. The first-order valence-electron chi connectivity index (χ1n) is 8.00. The lowest BCUT2D eigenvalue weighted by Crippen LogP contribution is -2.31. The van der Waals surface area contributed by atoms with Crippen LogP contribution in [0.5, 0.6) is 0 Å². The molecule has 0 N–H and O–H groups in total. The summed E-state index contributed by atoms with van der Waals surface area (Å²) in [5, 5.41) is 2.40. The summed E-state index contributed by atoms with van der Waals surface area (Å²) in [6, 6.07) is 17.4. The second-order valence-corrected chi connectivity index (χ2v) is 6.66. The van der Waals surface area contributed by atoms with E-state index in [4.69, 9.17) is 4.42 Å². The van der Waals surface area contributed by atoms with Crippen molar-refractivity contribution in [3.05, 3.63) is 93.1 Å². The fraction of sp³-hybridized carbons (Fsp3) is 0.0500. The van der Waals surface area contributed by atoms with E-state index in [0.29, 0.717) is 23.3 Å². The van der Waals surface area contributed by atoms with Crippen LogP contribution < -0.4 is 10.3 Å². The molecule has 0 bridgehead atoms. The first-order valence-corrected chi connectivity index (χ1v) is 8.88. The van der Waals surface area contributed by atoms with Crippen LogP contribution in [-0.2, 0) is 6.54 Å². The third kappa shape index (κ3) is 3.14. The second-order valence-electron chi connectivity index (χ2n) is 5.63. The zero-order valence-corrected chi connectivity index (χ0v) is 14.5. The number of pyridine rings is 1. The molecule has 128 valence electrons. The molecule has 0 saturated carbocycles. The highest BCUT2D eigenvalue weighted by Gasteiger charge is 2.23. The number of rotatable bonds is 4. The molecule has 0 aliphatic carbocycles. The molecule has 1 aromatic carbocycles. The van der Waals surface area contributed by atoms with E-state index in [1.807, 2.05) is 23.6 Å². The highest BCUT2D eigenvalue weighted by molar-refractivity contribution is 7.09. The molecule has 4 aromatic rings. The molecule has 3 aromatic heterocycles. The lowest BCUT2D eigenvalue weighted by Gasteiger charge is -2.20. The van der Waals surface area contributed by atoms with Crippen LogP contribution >= 0.6 is 11.3 Å². The maximum Gasteiger partial charge on any atom is 0.295 e. The molecule has 1 amide bonds. The minimum absolute atomic E-state index is 0.00379. The van der Waals surface area contributed by atoms with Crippen molar-refractivity contribution in [1.29, 1.82) is 0 Å². The fourth-order valence-electron chi connectivity index (χ4n) is 2.67. The highest BCUT2D eigenvalue weighted by Crippen LogP contribution is 2.21. The second kappa shape index (κ2) is 6.93. The molecule has 0 aliphatic rings. The summed E-state index contributed by atoms with van der Waals surface area (Å²) < 4.78 is 5.71. The summed E-state index contributed by atoms with van der Waals surface area (Å²) in [5.74, 6) is 0.0950. The molecule has 0 spiro atoms. The fourth-order valence-corrected chi connectivity index (χ4v) is 3.36. The van der Waals surface area contributed by atoms with Crippen LogP contribution in [-0.4, -0.2) is 10.9 Å². The number of hydrogen-bond donors (Lipinski definition) is 0. The quantitative estimate of drug-likeness (QED) is 0.548. The maximum absolute atomic E-state index is 13.1. The van der Waals surface area contributed by atoms with Crippen molar-refractivity contribution in [3.8, 4) is 0 Å². The Hall–Kier alpha value is -3.25. The van der Waals surface area contributed by atoms with Crippen LogP contribution in [0.1, 0.15) is 15.4 Å². The van der Waals surface area contributed by atoms with Gasteiger partial charge < -0.3 is 4.42 Å². The predicted molar refractivity (Wildman–Crippen MR) is 102 cm³/mol. The van der Waals surface area contributed by atoms with E-state index in [1.165, 1.54) is 11.0 Å². The number of thiophene rings is 1. The number of para-hydroxylation sites is 1. The summed E-state index contributed by atoms with van der Waals surface area (Å²) in [7, 11) is 0. The van der Waals surface area contributed by atoms with Crippen molar-refractivity contribution < 1.29 is 9.21 Å². The van der Waals surface area contributed by atoms with E-state index in [0.717, 1.165) is 4.88 Å². The van der Waals surface area contributed by atoms with Gasteiger partial charge in [-0.25, -0.2) is 4.98 Å². The molecule has 0 unspecified atom stereocenters. The first-order chi connectivity index (χ1) is 12.7. The van der Waals surface area contributed by atoms with E-state index in [9.17, 15) is 9.59 Å². The standard InChI is InChI=1S/C20H14N2O3S/c23-16-12-18(25-17-8-2-1-7-15(16)17)20(24)22(13-14-6-5-11-26-14)19-9-3-4-10-21-19/h1-12H,13H2. The third-order valence-electron chi connectivity index (χ3n) is 3.91. The van der Waals surface area contributed by atoms with E-state index in [1.54, 1.807) is 53.9 Å². The molecule has 3 heterocycles. The van der Waals surface area contributed by atoms with E-state index in [-0.39, 0.29) is 11.2 Å². The average molecular weight is 362 g/mol. The Morgan fingerprint density at radius 2 is 1.92 bits per heavy atom. The Balaban J connectivity index is 1.78. The minimum atomic E-state index is -0.403. The van der Waals surface area contributed by atoms with Gasteiger partial charge in [0.15, 0.2) is 11.2 Å². The van der Waals surface area contributed by atoms with Crippen molar-refractivity contribution in [3.63, 3.8) is 0 Å².